The molecule has 4 heteroatoms. The second kappa shape index (κ2) is 6.57. The summed E-state index contributed by atoms with van der Waals surface area (Å²) in [6, 6.07) is 7.44. The third-order valence-electron chi connectivity index (χ3n) is 3.98. The van der Waals surface area contributed by atoms with Gasteiger partial charge in [-0.25, -0.2) is 0 Å². The molecule has 2 aromatic rings. The average molecular weight is 299 g/mol. The maximum Gasteiger partial charge on any atom is 0.228 e. The molecule has 0 aliphatic rings. The van der Waals surface area contributed by atoms with Gasteiger partial charge in [0.15, 0.2) is 0 Å². The first-order valence-corrected chi connectivity index (χ1v) is 7.41. The molecular weight excluding hydrogens is 278 g/mol. The highest BCUT2D eigenvalue weighted by molar-refractivity contribution is 5.83. The van der Waals surface area contributed by atoms with E-state index >= 15 is 0 Å². The number of hydrogen-bond acceptors (Lipinski definition) is 3. The number of methoxy groups -OCH3 is 1. The van der Waals surface area contributed by atoms with Gasteiger partial charge in [0.05, 0.1) is 13.5 Å². The Kier molecular flexibility index (Phi) is 4.77. The standard InChI is InChI=1S/C18H21NO3/c1-5-18(6-2,7-3)19-17(20)12-15-10-13-8-9-14(21-4)11-16(13)22-15/h1,8-11H,6-7,12H2,2-4H3,(H,19,20). The number of nitrogens with one attached hydrogen (secondary N) is 1. The molecule has 0 aliphatic carbocycles. The van der Waals surface area contributed by atoms with Gasteiger partial charge in [-0.1, -0.05) is 19.8 Å². The highest BCUT2D eigenvalue weighted by atomic mass is 16.5. The van der Waals surface area contributed by atoms with Gasteiger partial charge < -0.3 is 14.5 Å². The van der Waals surface area contributed by atoms with Gasteiger partial charge in [-0.2, -0.15) is 0 Å². The molecule has 0 spiro atoms. The minimum absolute atomic E-state index is 0.132. The number of terminal acetylenes is 1. The van der Waals surface area contributed by atoms with E-state index in [4.69, 9.17) is 15.6 Å². The fourth-order valence-corrected chi connectivity index (χ4v) is 2.42. The quantitative estimate of drug-likeness (QED) is 0.833. The second-order valence-corrected chi connectivity index (χ2v) is 5.27. The van der Waals surface area contributed by atoms with E-state index in [1.54, 1.807) is 13.2 Å². The summed E-state index contributed by atoms with van der Waals surface area (Å²) < 4.78 is 10.9. The van der Waals surface area contributed by atoms with Crippen molar-refractivity contribution < 1.29 is 13.9 Å². The van der Waals surface area contributed by atoms with Gasteiger partial charge in [-0.05, 0) is 31.0 Å². The lowest BCUT2D eigenvalue weighted by Gasteiger charge is -2.26. The molecule has 1 aromatic carbocycles. The van der Waals surface area contributed by atoms with Crippen LogP contribution in [0.15, 0.2) is 28.7 Å². The number of furan rings is 1. The van der Waals surface area contributed by atoms with Crippen molar-refractivity contribution in [3.05, 3.63) is 30.0 Å². The molecule has 4 nitrogen and oxygen atoms in total. The number of rotatable bonds is 6. The number of ether oxygens (including phenoxy) is 1. The van der Waals surface area contributed by atoms with Crippen molar-refractivity contribution in [1.82, 2.24) is 5.32 Å². The van der Waals surface area contributed by atoms with Crippen LogP contribution in [0.2, 0.25) is 0 Å². The molecule has 0 fully saturated rings. The Bertz CT molecular complexity index is 705. The van der Waals surface area contributed by atoms with Crippen molar-refractivity contribution in [3.8, 4) is 18.1 Å². The molecule has 2 rings (SSSR count). The molecular formula is C18H21NO3. The Morgan fingerprint density at radius 1 is 1.36 bits per heavy atom. The van der Waals surface area contributed by atoms with E-state index in [-0.39, 0.29) is 12.3 Å². The van der Waals surface area contributed by atoms with Crippen molar-refractivity contribution in [2.75, 3.05) is 7.11 Å². The molecule has 1 N–H and O–H groups in total. The normalized spacial score (nSPS) is 11.2. The summed E-state index contributed by atoms with van der Waals surface area (Å²) in [5.74, 6) is 3.90. The molecule has 0 unspecified atom stereocenters. The first-order valence-electron chi connectivity index (χ1n) is 7.41. The number of carbonyl (C=O) groups is 1. The van der Waals surface area contributed by atoms with Crippen LogP contribution in [0.5, 0.6) is 5.75 Å². The van der Waals surface area contributed by atoms with Crippen molar-refractivity contribution in [2.24, 2.45) is 0 Å². The second-order valence-electron chi connectivity index (χ2n) is 5.27. The summed E-state index contributed by atoms with van der Waals surface area (Å²) in [7, 11) is 1.60. The summed E-state index contributed by atoms with van der Waals surface area (Å²) in [6.45, 7) is 3.94. The molecule has 0 bridgehead atoms. The predicted molar refractivity (Wildman–Crippen MR) is 86.8 cm³/mol. The summed E-state index contributed by atoms with van der Waals surface area (Å²) in [6.07, 6.45) is 7.12. The first-order chi connectivity index (χ1) is 10.6. The Hall–Kier alpha value is -2.41. The molecule has 0 atom stereocenters. The zero-order valence-corrected chi connectivity index (χ0v) is 13.2. The third kappa shape index (κ3) is 3.25. The van der Waals surface area contributed by atoms with Crippen molar-refractivity contribution in [1.29, 1.82) is 0 Å². The third-order valence-corrected chi connectivity index (χ3v) is 3.98. The zero-order valence-electron chi connectivity index (χ0n) is 13.2. The topological polar surface area (TPSA) is 51.5 Å². The van der Waals surface area contributed by atoms with Gasteiger partial charge in [0.25, 0.3) is 0 Å². The molecule has 22 heavy (non-hydrogen) atoms. The van der Waals surface area contributed by atoms with Gasteiger partial charge in [0, 0.05) is 11.5 Å². The van der Waals surface area contributed by atoms with E-state index in [0.29, 0.717) is 24.2 Å². The van der Waals surface area contributed by atoms with Crippen LogP contribution in [0, 0.1) is 12.3 Å². The van der Waals surface area contributed by atoms with Crippen LogP contribution >= 0.6 is 0 Å². The average Bonchev–Trinajstić information content (AvgIpc) is 2.93. The number of benzene rings is 1. The van der Waals surface area contributed by atoms with E-state index in [9.17, 15) is 4.79 Å². The number of carbonyl (C=O) groups excluding carboxylic acids is 1. The minimum atomic E-state index is -0.577. The molecule has 0 saturated heterocycles. The SMILES string of the molecule is C#CC(CC)(CC)NC(=O)Cc1cc2ccc(OC)cc2o1. The predicted octanol–water partition coefficient (Wildman–Crippen LogP) is 3.29. The van der Waals surface area contributed by atoms with Crippen molar-refractivity contribution in [2.45, 2.75) is 38.6 Å². The number of hydrogen-bond donors (Lipinski definition) is 1. The van der Waals surface area contributed by atoms with Crippen LogP contribution in [0.25, 0.3) is 11.0 Å². The molecule has 0 saturated carbocycles. The maximum absolute atomic E-state index is 12.2. The highest BCUT2D eigenvalue weighted by Crippen LogP contribution is 2.24. The number of fused-ring (bicyclic) bond motifs is 1. The van der Waals surface area contributed by atoms with E-state index in [0.717, 1.165) is 11.1 Å². The smallest absolute Gasteiger partial charge is 0.228 e. The fourth-order valence-electron chi connectivity index (χ4n) is 2.42. The van der Waals surface area contributed by atoms with Crippen molar-refractivity contribution >= 4 is 16.9 Å². The van der Waals surface area contributed by atoms with Gasteiger partial charge in [-0.3, -0.25) is 4.79 Å². The summed E-state index contributed by atoms with van der Waals surface area (Å²) >= 11 is 0. The Morgan fingerprint density at radius 2 is 2.09 bits per heavy atom. The molecule has 116 valence electrons. The van der Waals surface area contributed by atoms with Gasteiger partial charge in [0.1, 0.15) is 22.6 Å². The number of amides is 1. The molecule has 1 amide bonds. The lowest BCUT2D eigenvalue weighted by molar-refractivity contribution is -0.122. The minimum Gasteiger partial charge on any atom is -0.497 e. The Morgan fingerprint density at radius 3 is 2.68 bits per heavy atom. The van der Waals surface area contributed by atoms with Crippen LogP contribution in [0.4, 0.5) is 0 Å². The molecule has 0 radical (unpaired) electrons. The fraction of sp³-hybridized carbons (Fsp3) is 0.389. The molecule has 0 aliphatic heterocycles. The van der Waals surface area contributed by atoms with Crippen LogP contribution < -0.4 is 10.1 Å². The van der Waals surface area contributed by atoms with Gasteiger partial charge >= 0.3 is 0 Å². The Labute approximate surface area is 130 Å². The van der Waals surface area contributed by atoms with Gasteiger partial charge in [-0.15, -0.1) is 6.42 Å². The zero-order chi connectivity index (χ0) is 16.2. The monoisotopic (exact) mass is 299 g/mol. The van der Waals surface area contributed by atoms with E-state index in [2.05, 4.69) is 11.2 Å². The summed E-state index contributed by atoms with van der Waals surface area (Å²) in [4.78, 5) is 12.2. The van der Waals surface area contributed by atoms with Crippen LogP contribution in [-0.2, 0) is 11.2 Å². The van der Waals surface area contributed by atoms with Crippen molar-refractivity contribution in [3.63, 3.8) is 0 Å². The van der Waals surface area contributed by atoms with Crippen LogP contribution in [0.3, 0.4) is 0 Å². The van der Waals surface area contributed by atoms with Crippen LogP contribution in [-0.4, -0.2) is 18.6 Å². The molecule has 1 heterocycles. The highest BCUT2D eigenvalue weighted by Gasteiger charge is 2.25. The lowest BCUT2D eigenvalue weighted by atomic mass is 9.93. The maximum atomic E-state index is 12.2. The first kappa shape index (κ1) is 16.0. The van der Waals surface area contributed by atoms with E-state index in [1.807, 2.05) is 32.0 Å². The van der Waals surface area contributed by atoms with E-state index in [1.165, 1.54) is 0 Å². The largest absolute Gasteiger partial charge is 0.497 e. The molecule has 1 aromatic heterocycles. The van der Waals surface area contributed by atoms with E-state index < -0.39 is 5.54 Å². The summed E-state index contributed by atoms with van der Waals surface area (Å²) in [5, 5.41) is 3.88. The lowest BCUT2D eigenvalue weighted by Crippen LogP contribution is -2.47. The van der Waals surface area contributed by atoms with Gasteiger partial charge in [0.2, 0.25) is 5.91 Å². The summed E-state index contributed by atoms with van der Waals surface area (Å²) in [5.41, 5.74) is 0.128. The Balaban J connectivity index is 2.13. The van der Waals surface area contributed by atoms with Crippen LogP contribution in [0.1, 0.15) is 32.4 Å².